The fourth-order valence-corrected chi connectivity index (χ4v) is 4.95. The van der Waals surface area contributed by atoms with E-state index < -0.39 is 32.3 Å². The summed E-state index contributed by atoms with van der Waals surface area (Å²) in [5, 5.41) is 76.8. The maximum atomic E-state index is 12.2. The van der Waals surface area contributed by atoms with E-state index >= 15 is 0 Å². The molecule has 0 spiro atoms. The average Bonchev–Trinajstić information content (AvgIpc) is 3.09. The number of nitrogens with zero attached hydrogens (tertiary/aromatic N) is 5. The van der Waals surface area contributed by atoms with Gasteiger partial charge >= 0.3 is 29.6 Å². The van der Waals surface area contributed by atoms with Gasteiger partial charge in [-0.1, -0.05) is 36.4 Å². The number of primary sulfonamides is 1. The van der Waals surface area contributed by atoms with Crippen LogP contribution in [0.4, 0.5) is 34.1 Å². The van der Waals surface area contributed by atoms with Gasteiger partial charge in [-0.25, -0.2) is 13.6 Å². The molecule has 0 radical (unpaired) electrons. The van der Waals surface area contributed by atoms with Crippen molar-refractivity contribution in [2.45, 2.75) is 18.7 Å². The molecule has 0 fully saturated rings. The van der Waals surface area contributed by atoms with Gasteiger partial charge < -0.3 is 31.1 Å². The van der Waals surface area contributed by atoms with Crippen molar-refractivity contribution < 1.29 is 90.3 Å². The molecule has 0 unspecified atom stereocenters. The van der Waals surface area contributed by atoms with Gasteiger partial charge in [-0.05, 0) is 60.8 Å². The van der Waals surface area contributed by atoms with Gasteiger partial charge in [0.2, 0.25) is 15.9 Å². The molecular formula is C34H30CrN8NaO10S+. The molecule has 0 aliphatic heterocycles. The Balaban J connectivity index is 0.000000367. The third-order valence-corrected chi connectivity index (χ3v) is 7.77. The molecule has 0 heterocycles. The van der Waals surface area contributed by atoms with E-state index in [1.54, 1.807) is 54.6 Å². The number of phenolic OH excluding ortho intramolecular Hbond substituents is 3. The van der Waals surface area contributed by atoms with E-state index in [-0.39, 0.29) is 97.7 Å². The van der Waals surface area contributed by atoms with Gasteiger partial charge in [0, 0.05) is 47.5 Å². The molecule has 5 aromatic carbocycles. The van der Waals surface area contributed by atoms with Gasteiger partial charge in [0.15, 0.2) is 5.70 Å². The predicted octanol–water partition coefficient (Wildman–Crippen LogP) is 4.09. The Kier molecular flexibility index (Phi) is 16.6. The van der Waals surface area contributed by atoms with Crippen molar-refractivity contribution in [1.82, 2.24) is 0 Å². The molecule has 0 aliphatic rings. The van der Waals surface area contributed by atoms with Crippen LogP contribution in [-0.2, 0) is 37.0 Å². The number of sulfonamides is 1. The number of nitro groups is 1. The summed E-state index contributed by atoms with van der Waals surface area (Å²) in [6.07, 6.45) is 0. The second kappa shape index (κ2) is 20.1. The molecule has 5 rings (SSSR count). The minimum atomic E-state index is -4.01. The number of carbonyl (C=O) groups is 2. The first-order valence-electron chi connectivity index (χ1n) is 15.0. The van der Waals surface area contributed by atoms with Crippen LogP contribution in [0.25, 0.3) is 10.8 Å². The maximum Gasteiger partial charge on any atom is 1.00 e. The fraction of sp³-hybridized carbons (Fsp3) is 0.0588. The summed E-state index contributed by atoms with van der Waals surface area (Å²) in [5.74, 6) is -2.32. The van der Waals surface area contributed by atoms with Gasteiger partial charge in [0.25, 0.3) is 11.6 Å². The van der Waals surface area contributed by atoms with Crippen LogP contribution in [0.5, 0.6) is 17.2 Å². The van der Waals surface area contributed by atoms with E-state index in [9.17, 15) is 48.5 Å². The monoisotopic (exact) mass is 817 g/mol. The summed E-state index contributed by atoms with van der Waals surface area (Å²) in [4.78, 5) is 33.7. The molecule has 2 amide bonds. The standard InChI is InChI=1S/C18H14N4O5.C16H16N4O5S.Cr.Na/c1-10(23)19-13-4-2-3-11-5-7-16(25)18(17(11)13)21-20-14-9-12(22(26)27)6-8-15(14)24;1-10(21)15(16(23)18-11-5-3-2-4-6-11)20-19-13-9-12(26(17,24)25)7-8-14(13)22;;/h2-9,24-25H,1H3,(H,19,23);2-9,21-22H,1H3,(H,18,23)(H2,17,24,25);;/q;;;+1/b;15-10+,20-19?;;. The van der Waals surface area contributed by atoms with E-state index in [2.05, 4.69) is 31.1 Å². The summed E-state index contributed by atoms with van der Waals surface area (Å²) in [6.45, 7) is 2.59. The van der Waals surface area contributed by atoms with Crippen LogP contribution in [0, 0.1) is 10.1 Å². The van der Waals surface area contributed by atoms with Crippen molar-refractivity contribution in [1.29, 1.82) is 0 Å². The molecule has 0 aliphatic carbocycles. The van der Waals surface area contributed by atoms with Crippen LogP contribution in [-0.4, -0.2) is 45.6 Å². The van der Waals surface area contributed by atoms with Crippen LogP contribution < -0.4 is 45.3 Å². The molecule has 0 saturated heterocycles. The Bertz CT molecular complexity index is 2430. The number of anilines is 2. The van der Waals surface area contributed by atoms with Crippen molar-refractivity contribution in [2.24, 2.45) is 25.6 Å². The fourth-order valence-electron chi connectivity index (χ4n) is 4.41. The number of non-ortho nitro benzene ring substituents is 1. The summed E-state index contributed by atoms with van der Waals surface area (Å²) >= 11 is 0. The van der Waals surface area contributed by atoms with E-state index in [1.807, 2.05) is 0 Å². The molecule has 8 N–H and O–H groups in total. The number of nitro benzene ring substituents is 1. The number of benzene rings is 5. The first-order chi connectivity index (χ1) is 25.0. The molecule has 18 nitrogen and oxygen atoms in total. The molecule has 0 aromatic heterocycles. The second-order valence-corrected chi connectivity index (χ2v) is 12.4. The number of para-hydroxylation sites is 1. The zero-order valence-corrected chi connectivity index (χ0v) is 33.2. The van der Waals surface area contributed by atoms with Gasteiger partial charge in [-0.2, -0.15) is 0 Å². The molecule has 0 bridgehead atoms. The number of phenols is 3. The molecule has 21 heteroatoms. The van der Waals surface area contributed by atoms with Crippen molar-refractivity contribution >= 4 is 66.7 Å². The Morgan fingerprint density at radius 1 is 0.782 bits per heavy atom. The Morgan fingerprint density at radius 2 is 1.40 bits per heavy atom. The van der Waals surface area contributed by atoms with Crippen LogP contribution >= 0.6 is 0 Å². The number of rotatable bonds is 9. The number of azo groups is 2. The summed E-state index contributed by atoms with van der Waals surface area (Å²) in [6, 6.07) is 23.2. The summed E-state index contributed by atoms with van der Waals surface area (Å²) in [7, 11) is -4.01. The number of carbonyl (C=O) groups excluding carboxylic acids is 2. The molecule has 55 heavy (non-hydrogen) atoms. The van der Waals surface area contributed by atoms with Crippen LogP contribution in [0.2, 0.25) is 0 Å². The topological polar surface area (TPSA) is 292 Å². The van der Waals surface area contributed by atoms with E-state index in [0.29, 0.717) is 22.1 Å². The van der Waals surface area contributed by atoms with E-state index in [0.717, 1.165) is 36.4 Å². The van der Waals surface area contributed by atoms with Crippen LogP contribution in [0.15, 0.2) is 134 Å². The summed E-state index contributed by atoms with van der Waals surface area (Å²) < 4.78 is 22.7. The van der Waals surface area contributed by atoms with E-state index in [1.165, 1.54) is 19.9 Å². The number of amides is 2. The molecular weight excluding hydrogens is 787 g/mol. The number of hydrogen-bond acceptors (Lipinski definition) is 14. The smallest absolute Gasteiger partial charge is 0.510 e. The molecule has 5 aromatic rings. The predicted molar refractivity (Wildman–Crippen MR) is 193 cm³/mol. The Labute approximate surface area is 345 Å². The third-order valence-electron chi connectivity index (χ3n) is 6.86. The number of aliphatic hydroxyl groups excluding tert-OH is 1. The van der Waals surface area contributed by atoms with Gasteiger partial charge in [-0.3, -0.25) is 19.7 Å². The number of nitrogens with two attached hydrogens (primary N) is 1. The number of allylic oxidation sites excluding steroid dienone is 1. The van der Waals surface area contributed by atoms with Crippen molar-refractivity contribution in [2.75, 3.05) is 10.6 Å². The van der Waals surface area contributed by atoms with Crippen LogP contribution in [0.3, 0.4) is 0 Å². The molecule has 0 atom stereocenters. The number of aliphatic hydroxyl groups is 1. The number of aromatic hydroxyl groups is 3. The Morgan fingerprint density at radius 3 is 2.00 bits per heavy atom. The number of nitrogens with one attached hydrogen (secondary N) is 2. The van der Waals surface area contributed by atoms with E-state index in [4.69, 9.17) is 5.14 Å². The summed E-state index contributed by atoms with van der Waals surface area (Å²) in [5.41, 5.74) is -0.0705. The minimum absolute atomic E-state index is 0. The molecule has 278 valence electrons. The van der Waals surface area contributed by atoms with Gasteiger partial charge in [-0.15, -0.1) is 20.5 Å². The Hall–Kier alpha value is -5.72. The van der Waals surface area contributed by atoms with Crippen molar-refractivity contribution in [3.8, 4) is 17.2 Å². The normalized spacial score (nSPS) is 11.4. The zero-order valence-electron chi connectivity index (χ0n) is 29.1. The number of fused-ring (bicyclic) bond motifs is 1. The largest absolute Gasteiger partial charge is 1.00 e. The second-order valence-electron chi connectivity index (χ2n) is 10.8. The SMILES string of the molecule is C/C(O)=C(\N=Nc1cc(S(N)(=O)=O)ccc1O)C(=O)Nc1ccccc1.CC(=O)Nc1cccc2ccc(O)c(N=Nc3cc([N+](=O)[O-])ccc3O)c12.[Cr].[Na+]. The van der Waals surface area contributed by atoms with Gasteiger partial charge in [0.05, 0.1) is 15.5 Å². The molecule has 0 saturated carbocycles. The zero-order chi connectivity index (χ0) is 38.9. The first kappa shape index (κ1) is 45.4. The number of hydrogen-bond donors (Lipinski definition) is 7. The quantitative estimate of drug-likeness (QED) is 0.0279. The van der Waals surface area contributed by atoms with Gasteiger partial charge in [0.1, 0.15) is 40.1 Å². The first-order valence-corrected chi connectivity index (χ1v) is 16.5. The average molecular weight is 818 g/mol. The third kappa shape index (κ3) is 12.4. The van der Waals surface area contributed by atoms with Crippen molar-refractivity contribution in [3.05, 3.63) is 119 Å². The van der Waals surface area contributed by atoms with Crippen LogP contribution in [0.1, 0.15) is 13.8 Å². The minimum Gasteiger partial charge on any atom is -0.510 e. The maximum absolute atomic E-state index is 12.2. The van der Waals surface area contributed by atoms with Crippen molar-refractivity contribution in [3.63, 3.8) is 0 Å².